The Labute approximate surface area is 144 Å². The van der Waals surface area contributed by atoms with Gasteiger partial charge in [-0.25, -0.2) is 0 Å². The summed E-state index contributed by atoms with van der Waals surface area (Å²) in [5, 5.41) is 30.1. The Kier molecular flexibility index (Phi) is 9.51. The third kappa shape index (κ3) is 7.75. The predicted molar refractivity (Wildman–Crippen MR) is 90.4 cm³/mol. The van der Waals surface area contributed by atoms with Crippen LogP contribution in [0.1, 0.15) is 51.9 Å². The molecule has 0 amide bonds. The van der Waals surface area contributed by atoms with E-state index in [1.165, 1.54) is 7.11 Å². The van der Waals surface area contributed by atoms with E-state index in [0.29, 0.717) is 6.42 Å². The lowest BCUT2D eigenvalue weighted by Gasteiger charge is -2.31. The molecule has 6 nitrogen and oxygen atoms in total. The minimum absolute atomic E-state index is 0.0995. The molecule has 0 aliphatic carbocycles. The smallest absolute Gasteiger partial charge is 0.308 e. The average molecular weight is 344 g/mol. The highest BCUT2D eigenvalue weighted by molar-refractivity contribution is 5.69. The number of ether oxygens (including phenoxy) is 2. The van der Waals surface area contributed by atoms with Gasteiger partial charge in [0.25, 0.3) is 0 Å². The van der Waals surface area contributed by atoms with E-state index in [-0.39, 0.29) is 43.4 Å². The van der Waals surface area contributed by atoms with Gasteiger partial charge in [0.2, 0.25) is 0 Å². The van der Waals surface area contributed by atoms with Crippen LogP contribution in [0.2, 0.25) is 0 Å². The molecule has 1 heterocycles. The van der Waals surface area contributed by atoms with E-state index in [1.54, 1.807) is 6.08 Å². The van der Waals surface area contributed by atoms with Crippen LogP contribution in [0.5, 0.6) is 0 Å². The highest BCUT2D eigenvalue weighted by atomic mass is 16.5. The summed E-state index contributed by atoms with van der Waals surface area (Å²) in [7, 11) is 1.36. The molecule has 0 aromatic rings. The Bertz CT molecular complexity index is 386. The van der Waals surface area contributed by atoms with Gasteiger partial charge in [-0.3, -0.25) is 4.79 Å². The fourth-order valence-corrected chi connectivity index (χ4v) is 3.03. The molecule has 1 fully saturated rings. The number of hydrogen-bond donors (Lipinski definition) is 3. The molecule has 6 atom stereocenters. The quantitative estimate of drug-likeness (QED) is 0.411. The first-order chi connectivity index (χ1) is 11.3. The summed E-state index contributed by atoms with van der Waals surface area (Å²) in [5.74, 6) is -0.389. The summed E-state index contributed by atoms with van der Waals surface area (Å²) in [6.45, 7) is 5.45. The summed E-state index contributed by atoms with van der Waals surface area (Å²) >= 11 is 0. The number of aliphatic hydroxyl groups excluding tert-OH is 3. The van der Waals surface area contributed by atoms with Crippen LogP contribution in [0.15, 0.2) is 12.7 Å². The summed E-state index contributed by atoms with van der Waals surface area (Å²) in [4.78, 5) is 11.3. The van der Waals surface area contributed by atoms with E-state index in [0.717, 1.165) is 19.3 Å². The van der Waals surface area contributed by atoms with Crippen LogP contribution in [-0.2, 0) is 14.3 Å². The predicted octanol–water partition coefficient (Wildman–Crippen LogP) is 1.56. The molecule has 140 valence electrons. The minimum atomic E-state index is -0.771. The molecule has 0 aromatic carbocycles. The molecule has 0 radical (unpaired) electrons. The van der Waals surface area contributed by atoms with Gasteiger partial charge in [0.05, 0.1) is 44.1 Å². The Balaban J connectivity index is 2.34. The first-order valence-electron chi connectivity index (χ1n) is 8.74. The number of carbonyl (C=O) groups is 1. The van der Waals surface area contributed by atoms with Gasteiger partial charge in [-0.05, 0) is 44.4 Å². The third-order valence-corrected chi connectivity index (χ3v) is 4.63. The van der Waals surface area contributed by atoms with E-state index in [2.05, 4.69) is 11.3 Å². The maximum absolute atomic E-state index is 11.3. The maximum atomic E-state index is 11.3. The molecule has 1 saturated heterocycles. The highest BCUT2D eigenvalue weighted by Crippen LogP contribution is 2.25. The van der Waals surface area contributed by atoms with E-state index in [4.69, 9.17) is 4.74 Å². The molecule has 1 aliphatic heterocycles. The van der Waals surface area contributed by atoms with Crippen LogP contribution in [-0.4, -0.2) is 58.9 Å². The number of carbonyl (C=O) groups excluding carboxylic acids is 1. The monoisotopic (exact) mass is 344 g/mol. The zero-order valence-corrected chi connectivity index (χ0v) is 14.8. The van der Waals surface area contributed by atoms with Crippen LogP contribution in [0.4, 0.5) is 0 Å². The first kappa shape index (κ1) is 21.1. The molecule has 6 heteroatoms. The van der Waals surface area contributed by atoms with Crippen molar-refractivity contribution in [3.63, 3.8) is 0 Å². The fourth-order valence-electron chi connectivity index (χ4n) is 3.03. The van der Waals surface area contributed by atoms with E-state index in [9.17, 15) is 20.1 Å². The SMILES string of the molecule is C=C[C@H](C)[C@H](O)C[C@@H](O)C[C@H](O)C[C@@H]1CCC[C@H](CC(=O)OC)O1. The van der Waals surface area contributed by atoms with Crippen molar-refractivity contribution in [1.82, 2.24) is 0 Å². The van der Waals surface area contributed by atoms with Gasteiger partial charge in [0, 0.05) is 0 Å². The van der Waals surface area contributed by atoms with Crippen LogP contribution >= 0.6 is 0 Å². The molecule has 0 unspecified atom stereocenters. The number of hydrogen-bond acceptors (Lipinski definition) is 6. The molecular formula is C18H32O6. The topological polar surface area (TPSA) is 96.2 Å². The van der Waals surface area contributed by atoms with E-state index >= 15 is 0 Å². The lowest BCUT2D eigenvalue weighted by Crippen LogP contribution is -2.33. The van der Waals surface area contributed by atoms with Crippen molar-refractivity contribution < 1.29 is 29.6 Å². The summed E-state index contributed by atoms with van der Waals surface area (Å²) in [5.41, 5.74) is 0. The lowest BCUT2D eigenvalue weighted by atomic mass is 9.93. The summed E-state index contributed by atoms with van der Waals surface area (Å²) < 4.78 is 10.5. The third-order valence-electron chi connectivity index (χ3n) is 4.63. The van der Waals surface area contributed by atoms with Crippen molar-refractivity contribution in [2.24, 2.45) is 5.92 Å². The van der Waals surface area contributed by atoms with Gasteiger partial charge in [-0.15, -0.1) is 6.58 Å². The normalized spacial score (nSPS) is 26.2. The highest BCUT2D eigenvalue weighted by Gasteiger charge is 2.27. The van der Waals surface area contributed by atoms with Crippen LogP contribution in [0.3, 0.4) is 0 Å². The van der Waals surface area contributed by atoms with Gasteiger partial charge in [-0.2, -0.15) is 0 Å². The molecule has 0 saturated carbocycles. The van der Waals surface area contributed by atoms with Crippen LogP contribution in [0.25, 0.3) is 0 Å². The second kappa shape index (κ2) is 10.8. The summed E-state index contributed by atoms with van der Waals surface area (Å²) in [6.07, 6.45) is 2.87. The van der Waals surface area contributed by atoms with Crippen molar-refractivity contribution in [2.75, 3.05) is 7.11 Å². The van der Waals surface area contributed by atoms with Gasteiger partial charge in [0.1, 0.15) is 0 Å². The van der Waals surface area contributed by atoms with E-state index in [1.807, 2.05) is 6.92 Å². The Morgan fingerprint density at radius 1 is 1.25 bits per heavy atom. The van der Waals surface area contributed by atoms with Crippen molar-refractivity contribution in [1.29, 1.82) is 0 Å². The standard InChI is InChI=1S/C18H32O6/c1-4-12(2)17(21)10-14(20)8-13(19)9-15-6-5-7-16(24-15)11-18(22)23-3/h4,12-17,19-21H,1,5-11H2,2-3H3/t12-,13-,14-,15-,16+,17+/m0/s1. The zero-order valence-electron chi connectivity index (χ0n) is 14.8. The Morgan fingerprint density at radius 3 is 2.54 bits per heavy atom. The maximum Gasteiger partial charge on any atom is 0.308 e. The number of aliphatic hydroxyl groups is 3. The fraction of sp³-hybridized carbons (Fsp3) is 0.833. The molecule has 3 N–H and O–H groups in total. The van der Waals surface area contributed by atoms with Crippen LogP contribution in [0, 0.1) is 5.92 Å². The molecule has 1 aliphatic rings. The molecule has 0 spiro atoms. The largest absolute Gasteiger partial charge is 0.469 e. The zero-order chi connectivity index (χ0) is 18.1. The molecule has 0 aromatic heterocycles. The minimum Gasteiger partial charge on any atom is -0.469 e. The van der Waals surface area contributed by atoms with Gasteiger partial charge < -0.3 is 24.8 Å². The van der Waals surface area contributed by atoms with Gasteiger partial charge in [0.15, 0.2) is 0 Å². The summed E-state index contributed by atoms with van der Waals surface area (Å²) in [6, 6.07) is 0. The number of rotatable bonds is 10. The second-order valence-corrected chi connectivity index (χ2v) is 6.77. The first-order valence-corrected chi connectivity index (χ1v) is 8.74. The molecule has 1 rings (SSSR count). The van der Waals surface area contributed by atoms with Gasteiger partial charge in [-0.1, -0.05) is 13.0 Å². The number of methoxy groups -OCH3 is 1. The van der Waals surface area contributed by atoms with Crippen molar-refractivity contribution >= 4 is 5.97 Å². The second-order valence-electron chi connectivity index (χ2n) is 6.77. The van der Waals surface area contributed by atoms with Gasteiger partial charge >= 0.3 is 5.97 Å². The van der Waals surface area contributed by atoms with E-state index < -0.39 is 18.3 Å². The molecule has 24 heavy (non-hydrogen) atoms. The lowest BCUT2D eigenvalue weighted by molar-refractivity contribution is -0.147. The van der Waals surface area contributed by atoms with Crippen LogP contribution < -0.4 is 0 Å². The van der Waals surface area contributed by atoms with Crippen molar-refractivity contribution in [3.8, 4) is 0 Å². The molecular weight excluding hydrogens is 312 g/mol. The van der Waals surface area contributed by atoms with Crippen molar-refractivity contribution in [2.45, 2.75) is 82.4 Å². The molecule has 0 bridgehead atoms. The van der Waals surface area contributed by atoms with Crippen molar-refractivity contribution in [3.05, 3.63) is 12.7 Å². The average Bonchev–Trinajstić information content (AvgIpc) is 2.53. The Morgan fingerprint density at radius 2 is 1.92 bits per heavy atom. The number of esters is 1. The Hall–Kier alpha value is -0.950.